The van der Waals surface area contributed by atoms with Gasteiger partial charge in [-0.1, -0.05) is 47.6 Å². The molecule has 0 aliphatic heterocycles. The van der Waals surface area contributed by atoms with Gasteiger partial charge in [0.15, 0.2) is 0 Å². The summed E-state index contributed by atoms with van der Waals surface area (Å²) in [5, 5.41) is 27.4. The highest BCUT2D eigenvalue weighted by Gasteiger charge is 2.23. The molecule has 0 radical (unpaired) electrons. The fourth-order valence-electron chi connectivity index (χ4n) is 2.56. The Morgan fingerprint density at radius 1 is 0.625 bits per heavy atom. The zero-order valence-electron chi connectivity index (χ0n) is 15.8. The Kier molecular flexibility index (Phi) is 5.94. The van der Waals surface area contributed by atoms with E-state index in [1.165, 1.54) is 35.4 Å². The van der Waals surface area contributed by atoms with E-state index in [0.29, 0.717) is 5.75 Å². The molecule has 3 heteroatoms. The van der Waals surface area contributed by atoms with Crippen LogP contribution in [0.2, 0.25) is 0 Å². The first-order chi connectivity index (χ1) is 10.8. The van der Waals surface area contributed by atoms with Gasteiger partial charge in [-0.05, 0) is 64.8 Å². The van der Waals surface area contributed by atoms with Crippen LogP contribution in [-0.2, 0) is 10.8 Å². The zero-order valence-corrected chi connectivity index (χ0v) is 15.8. The van der Waals surface area contributed by atoms with Crippen LogP contribution in [0.1, 0.15) is 58.2 Å². The lowest BCUT2D eigenvalue weighted by Gasteiger charge is -2.26. The van der Waals surface area contributed by atoms with Crippen molar-refractivity contribution >= 4 is 0 Å². The van der Waals surface area contributed by atoms with Crippen molar-refractivity contribution in [2.24, 2.45) is 0 Å². The van der Waals surface area contributed by atoms with Crippen LogP contribution in [0, 0.1) is 6.92 Å². The van der Waals surface area contributed by atoms with Gasteiger partial charge in [0.2, 0.25) is 0 Å². The zero-order chi connectivity index (χ0) is 18.7. The molecule has 24 heavy (non-hydrogen) atoms. The second-order valence-electron chi connectivity index (χ2n) is 8.20. The Morgan fingerprint density at radius 3 is 1.33 bits per heavy atom. The summed E-state index contributed by atoms with van der Waals surface area (Å²) in [5.74, 6) is 0.758. The van der Waals surface area contributed by atoms with Crippen molar-refractivity contribution in [2.45, 2.75) is 59.3 Å². The molecule has 0 fully saturated rings. The lowest BCUT2D eigenvalue weighted by molar-refractivity contribution is 0.442. The van der Waals surface area contributed by atoms with E-state index in [1.54, 1.807) is 0 Å². The topological polar surface area (TPSA) is 60.7 Å². The van der Waals surface area contributed by atoms with E-state index >= 15 is 0 Å². The highest BCUT2D eigenvalue weighted by molar-refractivity contribution is 5.47. The molecular weight excluding hydrogens is 300 g/mol. The number of hydrogen-bond acceptors (Lipinski definition) is 3. The minimum Gasteiger partial charge on any atom is -0.508 e. The molecule has 132 valence electrons. The van der Waals surface area contributed by atoms with Crippen LogP contribution in [0.3, 0.4) is 0 Å². The molecular formula is C21H30O3. The summed E-state index contributed by atoms with van der Waals surface area (Å²) in [6, 6.07) is 9.75. The predicted molar refractivity (Wildman–Crippen MR) is 100 cm³/mol. The van der Waals surface area contributed by atoms with Crippen molar-refractivity contribution < 1.29 is 15.3 Å². The number of aromatic hydroxyl groups is 3. The Labute approximate surface area is 145 Å². The molecule has 0 saturated carbocycles. The molecule has 0 saturated heterocycles. The molecule has 2 aromatic rings. The van der Waals surface area contributed by atoms with Crippen LogP contribution in [0.4, 0.5) is 0 Å². The van der Waals surface area contributed by atoms with E-state index < -0.39 is 0 Å². The van der Waals surface area contributed by atoms with Crippen LogP contribution < -0.4 is 0 Å². The first-order valence-electron chi connectivity index (χ1n) is 8.15. The fraction of sp³-hybridized carbons (Fsp3) is 0.429. The molecule has 0 bridgehead atoms. The molecule has 2 aromatic carbocycles. The van der Waals surface area contributed by atoms with Crippen LogP contribution in [0.25, 0.3) is 0 Å². The van der Waals surface area contributed by atoms with Crippen molar-refractivity contribution in [3.63, 3.8) is 0 Å². The average molecular weight is 330 g/mol. The lowest BCUT2D eigenvalue weighted by atomic mass is 9.79. The predicted octanol–water partition coefficient (Wildman–Crippen LogP) is 5.39. The molecule has 0 aliphatic carbocycles. The van der Waals surface area contributed by atoms with Gasteiger partial charge < -0.3 is 15.3 Å². The first kappa shape index (κ1) is 19.9. The third kappa shape index (κ3) is 5.48. The summed E-state index contributed by atoms with van der Waals surface area (Å²) >= 11 is 0. The monoisotopic (exact) mass is 330 g/mol. The Hall–Kier alpha value is -2.16. The summed E-state index contributed by atoms with van der Waals surface area (Å²) in [4.78, 5) is 0. The first-order valence-corrected chi connectivity index (χ1v) is 8.15. The van der Waals surface area contributed by atoms with Gasteiger partial charge in [0.25, 0.3) is 0 Å². The van der Waals surface area contributed by atoms with E-state index in [9.17, 15) is 5.11 Å². The van der Waals surface area contributed by atoms with Crippen molar-refractivity contribution in [1.82, 2.24) is 0 Å². The molecule has 0 spiro atoms. The van der Waals surface area contributed by atoms with Crippen molar-refractivity contribution in [3.05, 3.63) is 53.1 Å². The third-order valence-corrected chi connectivity index (χ3v) is 3.81. The van der Waals surface area contributed by atoms with Gasteiger partial charge in [-0.25, -0.2) is 0 Å². The largest absolute Gasteiger partial charge is 0.508 e. The highest BCUT2D eigenvalue weighted by atomic mass is 16.3. The number of benzene rings is 2. The van der Waals surface area contributed by atoms with Crippen LogP contribution in [-0.4, -0.2) is 15.3 Å². The molecule has 0 unspecified atom stereocenters. The fourth-order valence-corrected chi connectivity index (χ4v) is 2.56. The molecule has 0 atom stereocenters. The maximum Gasteiger partial charge on any atom is 0.119 e. The summed E-state index contributed by atoms with van der Waals surface area (Å²) in [7, 11) is 0. The lowest BCUT2D eigenvalue weighted by Crippen LogP contribution is -2.16. The Balaban J connectivity index is 0.000000300. The second-order valence-corrected chi connectivity index (χ2v) is 8.20. The molecule has 0 heterocycles. The SMILES string of the molecule is Cc1cc(C(C)(C)C)c(O)cc1C(C)(C)C.Oc1ccc(O)cc1. The van der Waals surface area contributed by atoms with Crippen LogP contribution in [0.5, 0.6) is 17.2 Å². The molecule has 3 nitrogen and oxygen atoms in total. The van der Waals surface area contributed by atoms with Crippen LogP contribution >= 0.6 is 0 Å². The smallest absolute Gasteiger partial charge is 0.119 e. The van der Waals surface area contributed by atoms with Crippen molar-refractivity contribution in [3.8, 4) is 17.2 Å². The van der Waals surface area contributed by atoms with Gasteiger partial charge in [-0.15, -0.1) is 0 Å². The minimum atomic E-state index is -0.00867. The quantitative estimate of drug-likeness (QED) is 0.567. The number of hydrogen-bond donors (Lipinski definition) is 3. The van der Waals surface area contributed by atoms with E-state index in [-0.39, 0.29) is 22.3 Å². The summed E-state index contributed by atoms with van der Waals surface area (Å²) < 4.78 is 0. The normalized spacial score (nSPS) is 11.6. The highest BCUT2D eigenvalue weighted by Crippen LogP contribution is 2.36. The van der Waals surface area contributed by atoms with E-state index in [1.807, 2.05) is 6.07 Å². The standard InChI is InChI=1S/C15H24O.C6H6O2/c1-10-8-12(15(5,6)7)13(16)9-11(10)14(2,3)4;7-5-1-2-6(8)4-3-5/h8-9,16H,1-7H3;1-4,7-8H. The average Bonchev–Trinajstić information content (AvgIpc) is 2.42. The van der Waals surface area contributed by atoms with E-state index in [4.69, 9.17) is 10.2 Å². The van der Waals surface area contributed by atoms with Gasteiger partial charge in [-0.3, -0.25) is 0 Å². The van der Waals surface area contributed by atoms with Gasteiger partial charge in [0.1, 0.15) is 17.2 Å². The molecule has 3 N–H and O–H groups in total. The number of aryl methyl sites for hydroxylation is 1. The number of phenols is 3. The number of rotatable bonds is 0. The Bertz CT molecular complexity index is 611. The maximum absolute atomic E-state index is 10.1. The molecule has 2 rings (SSSR count). The van der Waals surface area contributed by atoms with E-state index in [0.717, 1.165) is 5.56 Å². The van der Waals surface area contributed by atoms with Gasteiger partial charge >= 0.3 is 0 Å². The van der Waals surface area contributed by atoms with Crippen molar-refractivity contribution in [1.29, 1.82) is 0 Å². The summed E-state index contributed by atoms with van der Waals surface area (Å²) in [5.41, 5.74) is 3.58. The summed E-state index contributed by atoms with van der Waals surface area (Å²) in [6.07, 6.45) is 0. The van der Waals surface area contributed by atoms with Gasteiger partial charge in [-0.2, -0.15) is 0 Å². The van der Waals surface area contributed by atoms with Gasteiger partial charge in [0, 0.05) is 0 Å². The molecule has 0 amide bonds. The number of phenolic OH excluding ortho intramolecular Hbond substituents is 3. The second kappa shape index (κ2) is 7.16. The van der Waals surface area contributed by atoms with Crippen LogP contribution in [0.15, 0.2) is 36.4 Å². The van der Waals surface area contributed by atoms with E-state index in [2.05, 4.69) is 54.5 Å². The molecule has 0 aliphatic rings. The summed E-state index contributed by atoms with van der Waals surface area (Å²) in [6.45, 7) is 15.0. The third-order valence-electron chi connectivity index (χ3n) is 3.81. The van der Waals surface area contributed by atoms with Gasteiger partial charge in [0.05, 0.1) is 0 Å². The van der Waals surface area contributed by atoms with Crippen molar-refractivity contribution in [2.75, 3.05) is 0 Å². The maximum atomic E-state index is 10.1. The minimum absolute atomic E-state index is 0.00867. The molecule has 0 aromatic heterocycles. The Morgan fingerprint density at radius 2 is 1.00 bits per heavy atom.